The van der Waals surface area contributed by atoms with Crippen LogP contribution in [0.5, 0.6) is 0 Å². The number of hydrogen-bond donors (Lipinski definition) is 2. The van der Waals surface area contributed by atoms with Gasteiger partial charge in [0.15, 0.2) is 5.11 Å². The molecule has 26 heavy (non-hydrogen) atoms. The second-order valence-corrected chi connectivity index (χ2v) is 6.05. The van der Waals surface area contributed by atoms with Crippen LogP contribution in [0.2, 0.25) is 5.02 Å². The van der Waals surface area contributed by atoms with Crippen LogP contribution in [0.15, 0.2) is 36.4 Å². The van der Waals surface area contributed by atoms with Crippen molar-refractivity contribution in [2.75, 3.05) is 24.9 Å². The Morgan fingerprint density at radius 2 is 1.65 bits per heavy atom. The summed E-state index contributed by atoms with van der Waals surface area (Å²) in [5, 5.41) is 6.75. The molecule has 2 N–H and O–H groups in total. The van der Waals surface area contributed by atoms with E-state index in [9.17, 15) is 9.59 Å². The monoisotopic (exact) mass is 392 g/mol. The number of carbonyl (C=O) groups excluding carboxylic acids is 2. The first-order valence-electron chi connectivity index (χ1n) is 7.51. The molecule has 0 aliphatic heterocycles. The fraction of sp³-hybridized carbons (Fsp3) is 0.167. The van der Waals surface area contributed by atoms with E-state index in [-0.39, 0.29) is 16.2 Å². The molecule has 0 fully saturated rings. The number of nitrogens with one attached hydrogen (secondary N) is 2. The zero-order valence-electron chi connectivity index (χ0n) is 14.4. The Balaban J connectivity index is 2.30. The van der Waals surface area contributed by atoms with Gasteiger partial charge in [-0.1, -0.05) is 17.7 Å². The molecule has 2 rings (SSSR count). The van der Waals surface area contributed by atoms with Gasteiger partial charge in [-0.3, -0.25) is 0 Å². The van der Waals surface area contributed by atoms with E-state index in [0.717, 1.165) is 11.3 Å². The van der Waals surface area contributed by atoms with Crippen LogP contribution in [0.25, 0.3) is 0 Å². The summed E-state index contributed by atoms with van der Waals surface area (Å²) in [5.41, 5.74) is 2.36. The van der Waals surface area contributed by atoms with E-state index in [0.29, 0.717) is 10.7 Å². The number of carbonyl (C=O) groups is 2. The molecule has 0 spiro atoms. The number of thiocarbonyl (C=S) groups is 1. The third kappa shape index (κ3) is 4.50. The van der Waals surface area contributed by atoms with E-state index < -0.39 is 11.9 Å². The van der Waals surface area contributed by atoms with Crippen LogP contribution >= 0.6 is 23.8 Å². The van der Waals surface area contributed by atoms with Crippen molar-refractivity contribution in [1.29, 1.82) is 0 Å². The van der Waals surface area contributed by atoms with Crippen LogP contribution in [0.3, 0.4) is 0 Å². The molecule has 0 amide bonds. The molecule has 0 bridgehead atoms. The van der Waals surface area contributed by atoms with Gasteiger partial charge >= 0.3 is 11.9 Å². The molecule has 0 aliphatic carbocycles. The van der Waals surface area contributed by atoms with Gasteiger partial charge in [-0.05, 0) is 55.0 Å². The maximum atomic E-state index is 12.0. The number of halogens is 1. The molecule has 8 heteroatoms. The van der Waals surface area contributed by atoms with Gasteiger partial charge in [0.1, 0.15) is 0 Å². The van der Waals surface area contributed by atoms with Crippen molar-refractivity contribution in [1.82, 2.24) is 0 Å². The van der Waals surface area contributed by atoms with Crippen LogP contribution in [-0.2, 0) is 9.47 Å². The quantitative estimate of drug-likeness (QED) is 0.600. The van der Waals surface area contributed by atoms with E-state index in [1.165, 1.54) is 32.4 Å². The first-order chi connectivity index (χ1) is 12.4. The molecule has 136 valence electrons. The van der Waals surface area contributed by atoms with Gasteiger partial charge in [0.05, 0.1) is 31.0 Å². The molecular weight excluding hydrogens is 376 g/mol. The Hall–Kier alpha value is -2.64. The van der Waals surface area contributed by atoms with Crippen LogP contribution in [0.4, 0.5) is 11.4 Å². The minimum absolute atomic E-state index is 0.225. The lowest BCUT2D eigenvalue weighted by Gasteiger charge is -2.15. The lowest BCUT2D eigenvalue weighted by Crippen LogP contribution is -2.22. The van der Waals surface area contributed by atoms with Crippen molar-refractivity contribution >= 4 is 52.2 Å². The fourth-order valence-corrected chi connectivity index (χ4v) is 2.59. The maximum Gasteiger partial charge on any atom is 0.339 e. The second-order valence-electron chi connectivity index (χ2n) is 5.24. The third-order valence-electron chi connectivity index (χ3n) is 3.61. The van der Waals surface area contributed by atoms with E-state index in [1.54, 1.807) is 12.1 Å². The summed E-state index contributed by atoms with van der Waals surface area (Å²) in [7, 11) is 2.55. The molecule has 0 saturated heterocycles. The number of methoxy groups -OCH3 is 2. The molecule has 0 radical (unpaired) electrons. The highest BCUT2D eigenvalue weighted by Crippen LogP contribution is 2.24. The fourth-order valence-electron chi connectivity index (χ4n) is 2.20. The first kappa shape index (κ1) is 19.7. The Labute approximate surface area is 161 Å². The minimum atomic E-state index is -0.564. The Morgan fingerprint density at radius 3 is 2.31 bits per heavy atom. The zero-order chi connectivity index (χ0) is 19.3. The smallest absolute Gasteiger partial charge is 0.339 e. The summed E-state index contributed by atoms with van der Waals surface area (Å²) in [6.07, 6.45) is 0. The van der Waals surface area contributed by atoms with Gasteiger partial charge in [0, 0.05) is 10.7 Å². The zero-order valence-corrected chi connectivity index (χ0v) is 16.0. The molecule has 0 atom stereocenters. The van der Waals surface area contributed by atoms with E-state index in [1.807, 2.05) is 13.0 Å². The first-order valence-corrected chi connectivity index (χ1v) is 8.29. The highest BCUT2D eigenvalue weighted by Gasteiger charge is 2.16. The van der Waals surface area contributed by atoms with Crippen LogP contribution in [0, 0.1) is 6.92 Å². The third-order valence-corrected chi connectivity index (χ3v) is 4.22. The molecule has 0 heterocycles. The van der Waals surface area contributed by atoms with Crippen LogP contribution in [0.1, 0.15) is 26.3 Å². The normalized spacial score (nSPS) is 10.0. The number of hydrogen-bond acceptors (Lipinski definition) is 5. The number of rotatable bonds is 4. The predicted molar refractivity (Wildman–Crippen MR) is 105 cm³/mol. The molecule has 0 aliphatic rings. The van der Waals surface area contributed by atoms with Gasteiger partial charge in [-0.2, -0.15) is 0 Å². The molecule has 0 saturated carbocycles. The predicted octanol–water partition coefficient (Wildman–Crippen LogP) is 4.03. The van der Waals surface area contributed by atoms with E-state index >= 15 is 0 Å². The highest BCUT2D eigenvalue weighted by molar-refractivity contribution is 7.80. The number of anilines is 2. The van der Waals surface area contributed by atoms with Gasteiger partial charge in [0.25, 0.3) is 0 Å². The maximum absolute atomic E-state index is 12.0. The van der Waals surface area contributed by atoms with Gasteiger partial charge < -0.3 is 20.1 Å². The largest absolute Gasteiger partial charge is 0.465 e. The lowest BCUT2D eigenvalue weighted by atomic mass is 10.1. The molecule has 2 aromatic rings. The van der Waals surface area contributed by atoms with E-state index in [2.05, 4.69) is 10.6 Å². The SMILES string of the molecule is COC(=O)c1ccc(C(=O)OC)c(NC(=S)Nc2cccc(Cl)c2C)c1. The van der Waals surface area contributed by atoms with Crippen molar-refractivity contribution in [2.45, 2.75) is 6.92 Å². The van der Waals surface area contributed by atoms with Crippen LogP contribution in [-0.4, -0.2) is 31.3 Å². The van der Waals surface area contributed by atoms with Gasteiger partial charge in [-0.15, -0.1) is 0 Å². The summed E-state index contributed by atoms with van der Waals surface area (Å²) < 4.78 is 9.46. The average molecular weight is 393 g/mol. The summed E-state index contributed by atoms with van der Waals surface area (Å²) in [6, 6.07) is 9.79. The molecule has 0 aromatic heterocycles. The Bertz CT molecular complexity index is 870. The number of esters is 2. The average Bonchev–Trinajstić information content (AvgIpc) is 2.64. The Kier molecular flexibility index (Phi) is 6.54. The van der Waals surface area contributed by atoms with Gasteiger partial charge in [-0.25, -0.2) is 9.59 Å². The lowest BCUT2D eigenvalue weighted by molar-refractivity contribution is 0.0587. The van der Waals surface area contributed by atoms with Crippen molar-refractivity contribution in [3.8, 4) is 0 Å². The van der Waals surface area contributed by atoms with E-state index in [4.69, 9.17) is 33.3 Å². The van der Waals surface area contributed by atoms with Crippen molar-refractivity contribution in [2.24, 2.45) is 0 Å². The number of benzene rings is 2. The number of ether oxygens (including phenoxy) is 2. The van der Waals surface area contributed by atoms with Crippen molar-refractivity contribution in [3.63, 3.8) is 0 Å². The molecular formula is C18H17ClN2O4S. The molecule has 6 nitrogen and oxygen atoms in total. The van der Waals surface area contributed by atoms with Gasteiger partial charge in [0.2, 0.25) is 0 Å². The summed E-state index contributed by atoms with van der Waals surface area (Å²) in [4.78, 5) is 23.7. The highest BCUT2D eigenvalue weighted by atomic mass is 35.5. The minimum Gasteiger partial charge on any atom is -0.465 e. The molecule has 0 unspecified atom stereocenters. The summed E-state index contributed by atoms with van der Waals surface area (Å²) >= 11 is 11.4. The van der Waals surface area contributed by atoms with Crippen LogP contribution < -0.4 is 10.6 Å². The topological polar surface area (TPSA) is 76.7 Å². The second kappa shape index (κ2) is 8.64. The summed E-state index contributed by atoms with van der Waals surface area (Å²) in [5.74, 6) is -1.10. The Morgan fingerprint density at radius 1 is 1.00 bits per heavy atom. The van der Waals surface area contributed by atoms with Crippen molar-refractivity contribution in [3.05, 3.63) is 58.1 Å². The molecule has 2 aromatic carbocycles. The standard InChI is InChI=1S/C18H17ClN2O4S/c1-10-13(19)5-4-6-14(10)20-18(26)21-15-9-11(16(22)24-2)7-8-12(15)17(23)25-3/h4-9H,1-3H3,(H2,20,21,26). The van der Waals surface area contributed by atoms with Crippen molar-refractivity contribution < 1.29 is 19.1 Å². The summed E-state index contributed by atoms with van der Waals surface area (Å²) in [6.45, 7) is 1.85.